The van der Waals surface area contributed by atoms with Gasteiger partial charge in [-0.15, -0.1) is 0 Å². The van der Waals surface area contributed by atoms with Crippen LogP contribution in [0.15, 0.2) is 22.9 Å². The van der Waals surface area contributed by atoms with Gasteiger partial charge in [0.2, 0.25) is 0 Å². The zero-order valence-corrected chi connectivity index (χ0v) is 9.51. The molecule has 0 aliphatic heterocycles. The Balaban J connectivity index is 2.81. The second kappa shape index (κ2) is 3.81. The minimum Gasteiger partial charge on any atom is -0.325 e. The predicted molar refractivity (Wildman–Crippen MR) is 60.1 cm³/mol. The zero-order valence-electron chi connectivity index (χ0n) is 7.17. The Morgan fingerprint density at radius 3 is 2.93 bits per heavy atom. The fourth-order valence-electron chi connectivity index (χ4n) is 1.31. The Morgan fingerprint density at radius 1 is 1.43 bits per heavy atom. The quantitative estimate of drug-likeness (QED) is 0.812. The third-order valence-corrected chi connectivity index (χ3v) is 2.55. The van der Waals surface area contributed by atoms with E-state index in [2.05, 4.69) is 25.9 Å². The summed E-state index contributed by atoms with van der Waals surface area (Å²) in [5.41, 5.74) is 6.37. The number of fused-ring (bicyclic) bond motifs is 1. The Labute approximate surface area is 94.4 Å². The molecule has 2 aromatic heterocycles. The molecule has 2 heterocycles. The van der Waals surface area contributed by atoms with Crippen LogP contribution in [-0.4, -0.2) is 9.97 Å². The first-order valence-electron chi connectivity index (χ1n) is 4.01. The summed E-state index contributed by atoms with van der Waals surface area (Å²) in [6.07, 6.45) is 1.74. The molecule has 0 amide bonds. The molecule has 0 aliphatic rings. The molecule has 0 radical (unpaired) electrons. The van der Waals surface area contributed by atoms with Gasteiger partial charge in [0.15, 0.2) is 0 Å². The fraction of sp³-hybridized carbons (Fsp3) is 0.111. The summed E-state index contributed by atoms with van der Waals surface area (Å²) in [6.45, 7) is 0.369. The van der Waals surface area contributed by atoms with E-state index < -0.39 is 0 Å². The number of rotatable bonds is 1. The van der Waals surface area contributed by atoms with Crippen LogP contribution >= 0.6 is 27.5 Å². The molecule has 0 aliphatic carbocycles. The largest absolute Gasteiger partial charge is 0.325 e. The van der Waals surface area contributed by atoms with E-state index in [0.29, 0.717) is 11.7 Å². The van der Waals surface area contributed by atoms with Crippen molar-refractivity contribution in [3.8, 4) is 0 Å². The van der Waals surface area contributed by atoms with Crippen LogP contribution in [0.5, 0.6) is 0 Å². The van der Waals surface area contributed by atoms with Gasteiger partial charge in [-0.1, -0.05) is 11.6 Å². The molecule has 72 valence electrons. The van der Waals surface area contributed by atoms with E-state index in [1.54, 1.807) is 12.3 Å². The summed E-state index contributed by atoms with van der Waals surface area (Å²) >= 11 is 9.14. The van der Waals surface area contributed by atoms with Gasteiger partial charge in [0, 0.05) is 23.5 Å². The number of halogens is 2. The molecule has 0 saturated heterocycles. The Kier molecular flexibility index (Phi) is 2.67. The van der Waals surface area contributed by atoms with Gasteiger partial charge < -0.3 is 5.73 Å². The number of nitrogens with zero attached hydrogens (tertiary/aromatic N) is 2. The number of nitrogens with two attached hydrogens (primary N) is 1. The summed E-state index contributed by atoms with van der Waals surface area (Å²) in [7, 11) is 0. The topological polar surface area (TPSA) is 51.8 Å². The van der Waals surface area contributed by atoms with Crippen molar-refractivity contribution >= 4 is 38.3 Å². The highest BCUT2D eigenvalue weighted by molar-refractivity contribution is 9.10. The zero-order chi connectivity index (χ0) is 10.1. The maximum atomic E-state index is 5.84. The number of hydrogen-bond donors (Lipinski definition) is 1. The number of aromatic nitrogens is 2. The molecule has 0 saturated carbocycles. The molecule has 0 fully saturated rings. The van der Waals surface area contributed by atoms with Crippen molar-refractivity contribution in [2.45, 2.75) is 6.54 Å². The lowest BCUT2D eigenvalue weighted by atomic mass is 10.1. The summed E-state index contributed by atoms with van der Waals surface area (Å²) < 4.78 is 0.767. The molecule has 0 spiro atoms. The summed E-state index contributed by atoms with van der Waals surface area (Å²) in [6, 6.07) is 3.66. The van der Waals surface area contributed by atoms with Gasteiger partial charge in [-0.05, 0) is 28.1 Å². The van der Waals surface area contributed by atoms with Crippen LogP contribution in [0, 0.1) is 0 Å². The average Bonchev–Trinajstić information content (AvgIpc) is 2.17. The Hall–Kier alpha value is -0.710. The first kappa shape index (κ1) is 9.83. The van der Waals surface area contributed by atoms with Crippen LogP contribution in [-0.2, 0) is 6.54 Å². The van der Waals surface area contributed by atoms with Gasteiger partial charge in [0.25, 0.3) is 0 Å². The lowest BCUT2D eigenvalue weighted by Gasteiger charge is -2.04. The molecule has 0 atom stereocenters. The molecule has 0 aromatic carbocycles. The Bertz CT molecular complexity index is 487. The minimum atomic E-state index is 0.369. The normalized spacial score (nSPS) is 10.8. The highest BCUT2D eigenvalue weighted by Crippen LogP contribution is 2.22. The van der Waals surface area contributed by atoms with E-state index in [9.17, 15) is 0 Å². The number of pyridine rings is 2. The molecule has 5 heteroatoms. The molecule has 3 nitrogen and oxygen atoms in total. The van der Waals surface area contributed by atoms with Crippen molar-refractivity contribution in [1.29, 1.82) is 0 Å². The fourth-order valence-corrected chi connectivity index (χ4v) is 1.86. The molecule has 0 bridgehead atoms. The second-order valence-corrected chi connectivity index (χ2v) is 4.02. The van der Waals surface area contributed by atoms with Crippen LogP contribution in [0.25, 0.3) is 10.8 Å². The van der Waals surface area contributed by atoms with Crippen molar-refractivity contribution in [3.63, 3.8) is 0 Å². The van der Waals surface area contributed by atoms with E-state index >= 15 is 0 Å². The van der Waals surface area contributed by atoms with Crippen LogP contribution < -0.4 is 5.73 Å². The average molecular weight is 273 g/mol. The molecule has 14 heavy (non-hydrogen) atoms. The van der Waals surface area contributed by atoms with E-state index in [4.69, 9.17) is 17.3 Å². The standard InChI is InChI=1S/C9H7BrClN3/c10-8-2-6-5(4-13-8)1-9(11)14-7(6)3-12/h1-2,4H,3,12H2. The van der Waals surface area contributed by atoms with Crippen molar-refractivity contribution in [1.82, 2.24) is 9.97 Å². The predicted octanol–water partition coefficient (Wildman–Crippen LogP) is 2.50. The van der Waals surface area contributed by atoms with Crippen molar-refractivity contribution < 1.29 is 0 Å². The van der Waals surface area contributed by atoms with E-state index in [0.717, 1.165) is 21.1 Å². The third kappa shape index (κ3) is 1.73. The van der Waals surface area contributed by atoms with Gasteiger partial charge in [-0.2, -0.15) is 0 Å². The summed E-state index contributed by atoms with van der Waals surface area (Å²) in [4.78, 5) is 8.27. The van der Waals surface area contributed by atoms with Crippen molar-refractivity contribution in [3.05, 3.63) is 33.8 Å². The van der Waals surface area contributed by atoms with Gasteiger partial charge in [-0.3, -0.25) is 0 Å². The van der Waals surface area contributed by atoms with Gasteiger partial charge in [0.1, 0.15) is 9.76 Å². The van der Waals surface area contributed by atoms with Crippen molar-refractivity contribution in [2.75, 3.05) is 0 Å². The lowest BCUT2D eigenvalue weighted by Crippen LogP contribution is -2.01. The second-order valence-electron chi connectivity index (χ2n) is 2.82. The molecular weight excluding hydrogens is 265 g/mol. The molecule has 2 aromatic rings. The SMILES string of the molecule is NCc1nc(Cl)cc2cnc(Br)cc12. The minimum absolute atomic E-state index is 0.369. The van der Waals surface area contributed by atoms with E-state index in [-0.39, 0.29) is 0 Å². The number of hydrogen-bond acceptors (Lipinski definition) is 3. The smallest absolute Gasteiger partial charge is 0.130 e. The van der Waals surface area contributed by atoms with Gasteiger partial charge in [-0.25, -0.2) is 9.97 Å². The highest BCUT2D eigenvalue weighted by Gasteiger charge is 2.04. The summed E-state index contributed by atoms with van der Waals surface area (Å²) in [5.74, 6) is 0. The van der Waals surface area contributed by atoms with Crippen molar-refractivity contribution in [2.24, 2.45) is 5.73 Å². The summed E-state index contributed by atoms with van der Waals surface area (Å²) in [5, 5.41) is 2.38. The Morgan fingerprint density at radius 2 is 2.21 bits per heavy atom. The van der Waals surface area contributed by atoms with E-state index in [1.807, 2.05) is 6.07 Å². The first-order valence-corrected chi connectivity index (χ1v) is 5.18. The third-order valence-electron chi connectivity index (χ3n) is 1.92. The van der Waals surface area contributed by atoms with Crippen LogP contribution in [0.1, 0.15) is 5.69 Å². The molecule has 2 rings (SSSR count). The first-order chi connectivity index (χ1) is 6.70. The maximum Gasteiger partial charge on any atom is 0.130 e. The molecule has 0 unspecified atom stereocenters. The molecule has 2 N–H and O–H groups in total. The van der Waals surface area contributed by atoms with Crippen LogP contribution in [0.2, 0.25) is 5.15 Å². The molecular formula is C9H7BrClN3. The lowest BCUT2D eigenvalue weighted by molar-refractivity contribution is 1.01. The van der Waals surface area contributed by atoms with Crippen LogP contribution in [0.4, 0.5) is 0 Å². The van der Waals surface area contributed by atoms with Gasteiger partial charge in [0.05, 0.1) is 5.69 Å². The monoisotopic (exact) mass is 271 g/mol. The van der Waals surface area contributed by atoms with Crippen LogP contribution in [0.3, 0.4) is 0 Å². The maximum absolute atomic E-state index is 5.84. The van der Waals surface area contributed by atoms with E-state index in [1.165, 1.54) is 0 Å². The van der Waals surface area contributed by atoms with Gasteiger partial charge >= 0.3 is 0 Å². The highest BCUT2D eigenvalue weighted by atomic mass is 79.9.